The van der Waals surface area contributed by atoms with Gasteiger partial charge in [0, 0.05) is 19.0 Å². The summed E-state index contributed by atoms with van der Waals surface area (Å²) in [6.07, 6.45) is 5.24. The van der Waals surface area contributed by atoms with Gasteiger partial charge in [-0.2, -0.15) is 0 Å². The van der Waals surface area contributed by atoms with Crippen molar-refractivity contribution in [2.75, 3.05) is 25.6 Å². The molecule has 1 saturated carbocycles. The first kappa shape index (κ1) is 14.3. The zero-order valence-electron chi connectivity index (χ0n) is 10.9. The summed E-state index contributed by atoms with van der Waals surface area (Å²) in [7, 11) is 0. The molecule has 3 heteroatoms. The van der Waals surface area contributed by atoms with Crippen LogP contribution in [0.2, 0.25) is 0 Å². The smallest absolute Gasteiger partial charge is 0.0599 e. The van der Waals surface area contributed by atoms with Gasteiger partial charge in [0.05, 0.1) is 12.2 Å². The highest BCUT2D eigenvalue weighted by molar-refractivity contribution is 6.18. The highest BCUT2D eigenvalue weighted by Gasteiger charge is 2.32. The Hall–Kier alpha value is 0.210. The molecule has 0 bridgehead atoms. The van der Waals surface area contributed by atoms with Gasteiger partial charge in [-0.25, -0.2) is 0 Å². The van der Waals surface area contributed by atoms with E-state index < -0.39 is 0 Å². The fraction of sp³-hybridized carbons (Fsp3) is 1.00. The van der Waals surface area contributed by atoms with Gasteiger partial charge in [-0.3, -0.25) is 0 Å². The molecule has 1 rings (SSSR count). The molecule has 0 atom stereocenters. The van der Waals surface area contributed by atoms with Gasteiger partial charge in [0.15, 0.2) is 0 Å². The van der Waals surface area contributed by atoms with Crippen molar-refractivity contribution in [1.29, 1.82) is 0 Å². The number of halogens is 1. The molecule has 0 aromatic heterocycles. The Morgan fingerprint density at radius 2 is 1.88 bits per heavy atom. The zero-order valence-corrected chi connectivity index (χ0v) is 11.7. The van der Waals surface area contributed by atoms with E-state index in [4.69, 9.17) is 16.3 Å². The van der Waals surface area contributed by atoms with E-state index in [0.717, 1.165) is 25.6 Å². The molecule has 16 heavy (non-hydrogen) atoms. The molecule has 0 unspecified atom stereocenters. The third-order valence-corrected chi connectivity index (χ3v) is 3.83. The highest BCUT2D eigenvalue weighted by Crippen LogP contribution is 2.38. The zero-order chi connectivity index (χ0) is 12.1. The van der Waals surface area contributed by atoms with Crippen molar-refractivity contribution in [3.05, 3.63) is 0 Å². The first-order chi connectivity index (χ1) is 7.47. The van der Waals surface area contributed by atoms with Gasteiger partial charge < -0.3 is 10.1 Å². The molecule has 1 N–H and O–H groups in total. The van der Waals surface area contributed by atoms with Crippen molar-refractivity contribution in [1.82, 2.24) is 5.32 Å². The molecule has 0 spiro atoms. The summed E-state index contributed by atoms with van der Waals surface area (Å²) in [4.78, 5) is 0. The van der Waals surface area contributed by atoms with Gasteiger partial charge in [-0.15, -0.1) is 11.6 Å². The maximum Gasteiger partial charge on any atom is 0.0599 e. The molecule has 0 aromatic rings. The normalized spacial score (nSPS) is 20.2. The lowest BCUT2D eigenvalue weighted by molar-refractivity contribution is -0.00140. The molecule has 0 aliphatic heterocycles. The van der Waals surface area contributed by atoms with Crippen LogP contribution in [0.4, 0.5) is 0 Å². The van der Waals surface area contributed by atoms with E-state index >= 15 is 0 Å². The Kier molecular flexibility index (Phi) is 5.55. The van der Waals surface area contributed by atoms with E-state index in [1.807, 2.05) is 0 Å². The maximum atomic E-state index is 6.08. The van der Waals surface area contributed by atoms with Crippen LogP contribution in [0, 0.1) is 5.41 Å². The second kappa shape index (κ2) is 6.23. The van der Waals surface area contributed by atoms with Crippen LogP contribution in [-0.4, -0.2) is 31.2 Å². The number of rotatable bonds is 6. The van der Waals surface area contributed by atoms with Crippen LogP contribution < -0.4 is 5.32 Å². The van der Waals surface area contributed by atoms with Crippen LogP contribution in [0.3, 0.4) is 0 Å². The minimum absolute atomic E-state index is 0.0286. The van der Waals surface area contributed by atoms with Gasteiger partial charge in [-0.05, 0) is 39.0 Å². The summed E-state index contributed by atoms with van der Waals surface area (Å²) in [6.45, 7) is 9.01. The maximum absolute atomic E-state index is 6.08. The minimum atomic E-state index is -0.0286. The Morgan fingerprint density at radius 1 is 1.25 bits per heavy atom. The Morgan fingerprint density at radius 3 is 2.38 bits per heavy atom. The van der Waals surface area contributed by atoms with Crippen LogP contribution in [-0.2, 0) is 4.74 Å². The minimum Gasteiger partial charge on any atom is -0.375 e. The Labute approximate surface area is 105 Å². The molecule has 2 nitrogen and oxygen atoms in total. The molecule has 0 heterocycles. The molecular weight excluding hydrogens is 222 g/mol. The SMILES string of the molecule is CC(C)(C)OCCNCC1(CCl)CCCC1. The fourth-order valence-corrected chi connectivity index (χ4v) is 2.63. The Balaban J connectivity index is 2.10. The van der Waals surface area contributed by atoms with Crippen LogP contribution in [0.5, 0.6) is 0 Å². The highest BCUT2D eigenvalue weighted by atomic mass is 35.5. The molecule has 1 fully saturated rings. The average Bonchev–Trinajstić information content (AvgIpc) is 2.65. The van der Waals surface area contributed by atoms with E-state index in [9.17, 15) is 0 Å². The van der Waals surface area contributed by atoms with Crippen LogP contribution >= 0.6 is 11.6 Å². The van der Waals surface area contributed by atoms with E-state index in [1.165, 1.54) is 25.7 Å². The second-order valence-electron chi connectivity index (χ2n) is 5.98. The van der Waals surface area contributed by atoms with Crippen molar-refractivity contribution in [2.45, 2.75) is 52.1 Å². The quantitative estimate of drug-likeness (QED) is 0.575. The number of hydrogen-bond acceptors (Lipinski definition) is 2. The molecule has 0 saturated heterocycles. The second-order valence-corrected chi connectivity index (χ2v) is 6.25. The number of nitrogens with one attached hydrogen (secondary N) is 1. The first-order valence-electron chi connectivity index (χ1n) is 6.38. The number of ether oxygens (including phenoxy) is 1. The van der Waals surface area contributed by atoms with Gasteiger partial charge in [0.25, 0.3) is 0 Å². The van der Waals surface area contributed by atoms with Crippen molar-refractivity contribution >= 4 is 11.6 Å². The van der Waals surface area contributed by atoms with Crippen molar-refractivity contribution in [3.63, 3.8) is 0 Å². The third kappa shape index (κ3) is 5.03. The van der Waals surface area contributed by atoms with Gasteiger partial charge in [-0.1, -0.05) is 12.8 Å². The molecule has 96 valence electrons. The summed E-state index contributed by atoms with van der Waals surface area (Å²) in [5, 5.41) is 3.48. The molecule has 1 aliphatic rings. The van der Waals surface area contributed by atoms with Gasteiger partial charge in [0.1, 0.15) is 0 Å². The molecule has 0 aromatic carbocycles. The molecule has 1 aliphatic carbocycles. The van der Waals surface area contributed by atoms with Crippen LogP contribution in [0.15, 0.2) is 0 Å². The summed E-state index contributed by atoms with van der Waals surface area (Å²) < 4.78 is 5.67. The average molecular weight is 248 g/mol. The standard InChI is InChI=1S/C13H26ClNO/c1-12(2,3)16-9-8-15-11-13(10-14)6-4-5-7-13/h15H,4-11H2,1-3H3. The lowest BCUT2D eigenvalue weighted by atomic mass is 9.88. The van der Waals surface area contributed by atoms with E-state index in [-0.39, 0.29) is 5.60 Å². The topological polar surface area (TPSA) is 21.3 Å². The largest absolute Gasteiger partial charge is 0.375 e. The summed E-state index contributed by atoms with van der Waals surface area (Å²) in [5.74, 6) is 0.792. The van der Waals surface area contributed by atoms with E-state index in [1.54, 1.807) is 0 Å². The van der Waals surface area contributed by atoms with E-state index in [2.05, 4.69) is 26.1 Å². The van der Waals surface area contributed by atoms with Crippen LogP contribution in [0.25, 0.3) is 0 Å². The molecular formula is C13H26ClNO. The van der Waals surface area contributed by atoms with Crippen molar-refractivity contribution < 1.29 is 4.74 Å². The summed E-state index contributed by atoms with van der Waals surface area (Å²) >= 11 is 6.08. The summed E-state index contributed by atoms with van der Waals surface area (Å²) in [5.41, 5.74) is 0.336. The first-order valence-corrected chi connectivity index (χ1v) is 6.92. The van der Waals surface area contributed by atoms with Crippen LogP contribution in [0.1, 0.15) is 46.5 Å². The predicted molar refractivity (Wildman–Crippen MR) is 70.2 cm³/mol. The fourth-order valence-electron chi connectivity index (χ4n) is 2.27. The third-order valence-electron chi connectivity index (χ3n) is 3.26. The molecule has 0 radical (unpaired) electrons. The predicted octanol–water partition coefficient (Wildman–Crippen LogP) is 3.19. The number of hydrogen-bond donors (Lipinski definition) is 1. The lowest BCUT2D eigenvalue weighted by Crippen LogP contribution is -2.36. The van der Waals surface area contributed by atoms with Crippen molar-refractivity contribution in [2.24, 2.45) is 5.41 Å². The monoisotopic (exact) mass is 247 g/mol. The number of alkyl halides is 1. The molecule has 0 amide bonds. The summed E-state index contributed by atoms with van der Waals surface area (Å²) in [6, 6.07) is 0. The van der Waals surface area contributed by atoms with Crippen molar-refractivity contribution in [3.8, 4) is 0 Å². The Bertz CT molecular complexity index is 195. The van der Waals surface area contributed by atoms with Gasteiger partial charge >= 0.3 is 0 Å². The van der Waals surface area contributed by atoms with Gasteiger partial charge in [0.2, 0.25) is 0 Å². The van der Waals surface area contributed by atoms with E-state index in [0.29, 0.717) is 5.41 Å². The lowest BCUT2D eigenvalue weighted by Gasteiger charge is -2.27.